The van der Waals surface area contributed by atoms with Crippen LogP contribution in [0.3, 0.4) is 0 Å². The summed E-state index contributed by atoms with van der Waals surface area (Å²) in [7, 11) is 0. The van der Waals surface area contributed by atoms with Gasteiger partial charge >= 0.3 is 0 Å². The van der Waals surface area contributed by atoms with Gasteiger partial charge in [0.2, 0.25) is 5.89 Å². The average molecular weight is 222 g/mol. The summed E-state index contributed by atoms with van der Waals surface area (Å²) in [5.41, 5.74) is 6.10. The molecule has 16 heavy (non-hydrogen) atoms. The molecule has 1 aliphatic carbocycles. The maximum atomic E-state index is 6.10. The van der Waals surface area contributed by atoms with Gasteiger partial charge in [-0.2, -0.15) is 4.98 Å². The zero-order valence-electron chi connectivity index (χ0n) is 9.59. The number of hydrogen-bond donors (Lipinski definition) is 1. The molecule has 0 bridgehead atoms. The second kappa shape index (κ2) is 3.82. The van der Waals surface area contributed by atoms with Crippen LogP contribution in [0.4, 0.5) is 0 Å². The van der Waals surface area contributed by atoms with Crippen LogP contribution in [0.1, 0.15) is 24.6 Å². The summed E-state index contributed by atoms with van der Waals surface area (Å²) in [4.78, 5) is 6.63. The standard InChI is InChI=1S/C11H18N4O/c1-7-13-11(16-14-7)6-15-4-8-2-3-10(12)9(8)5-15/h8-10H,2-6,12H2,1H3. The lowest BCUT2D eigenvalue weighted by Gasteiger charge is -2.15. The third kappa shape index (κ3) is 1.74. The Morgan fingerprint density at radius 2 is 2.31 bits per heavy atom. The minimum atomic E-state index is 0.402. The summed E-state index contributed by atoms with van der Waals surface area (Å²) in [6.07, 6.45) is 2.48. The van der Waals surface area contributed by atoms with Crippen molar-refractivity contribution in [3.63, 3.8) is 0 Å². The van der Waals surface area contributed by atoms with E-state index in [9.17, 15) is 0 Å². The van der Waals surface area contributed by atoms with Crippen molar-refractivity contribution in [3.8, 4) is 0 Å². The Balaban J connectivity index is 1.62. The van der Waals surface area contributed by atoms with Crippen LogP contribution in [0.5, 0.6) is 0 Å². The normalized spacial score (nSPS) is 34.5. The molecule has 3 rings (SSSR count). The monoisotopic (exact) mass is 222 g/mol. The maximum Gasteiger partial charge on any atom is 0.240 e. The van der Waals surface area contributed by atoms with E-state index in [-0.39, 0.29) is 0 Å². The molecule has 2 heterocycles. The zero-order chi connectivity index (χ0) is 11.1. The number of aryl methyl sites for hydroxylation is 1. The van der Waals surface area contributed by atoms with E-state index in [0.717, 1.165) is 31.4 Å². The molecule has 0 aromatic carbocycles. The lowest BCUT2D eigenvalue weighted by atomic mass is 9.98. The first-order chi connectivity index (χ1) is 7.72. The summed E-state index contributed by atoms with van der Waals surface area (Å²) in [6, 6.07) is 0.402. The molecule has 3 unspecified atom stereocenters. The van der Waals surface area contributed by atoms with Gasteiger partial charge in [0.25, 0.3) is 0 Å². The summed E-state index contributed by atoms with van der Waals surface area (Å²) in [6.45, 7) is 4.86. The van der Waals surface area contributed by atoms with Crippen molar-refractivity contribution in [1.82, 2.24) is 15.0 Å². The highest BCUT2D eigenvalue weighted by molar-refractivity contribution is 4.96. The maximum absolute atomic E-state index is 6.10. The van der Waals surface area contributed by atoms with Crippen molar-refractivity contribution in [2.75, 3.05) is 13.1 Å². The Morgan fingerprint density at radius 1 is 1.44 bits per heavy atom. The van der Waals surface area contributed by atoms with Gasteiger partial charge in [0, 0.05) is 19.1 Å². The van der Waals surface area contributed by atoms with Gasteiger partial charge in [-0.3, -0.25) is 4.90 Å². The van der Waals surface area contributed by atoms with Crippen molar-refractivity contribution in [2.45, 2.75) is 32.4 Å². The minimum Gasteiger partial charge on any atom is -0.338 e. The second-order valence-electron chi connectivity index (χ2n) is 5.09. The predicted octanol–water partition coefficient (Wildman–Crippen LogP) is 0.547. The molecular formula is C11H18N4O. The minimum absolute atomic E-state index is 0.402. The van der Waals surface area contributed by atoms with E-state index in [0.29, 0.717) is 17.8 Å². The molecule has 2 fully saturated rings. The number of rotatable bonds is 2. The smallest absolute Gasteiger partial charge is 0.240 e. The number of fused-ring (bicyclic) bond motifs is 1. The van der Waals surface area contributed by atoms with Crippen molar-refractivity contribution < 1.29 is 4.52 Å². The molecule has 5 nitrogen and oxygen atoms in total. The molecule has 1 aromatic rings. The molecular weight excluding hydrogens is 204 g/mol. The van der Waals surface area contributed by atoms with Gasteiger partial charge in [0.1, 0.15) is 0 Å². The molecule has 1 saturated heterocycles. The molecule has 0 radical (unpaired) electrons. The number of hydrogen-bond acceptors (Lipinski definition) is 5. The summed E-state index contributed by atoms with van der Waals surface area (Å²) >= 11 is 0. The average Bonchev–Trinajstić information content (AvgIpc) is 2.88. The van der Waals surface area contributed by atoms with Gasteiger partial charge in [-0.1, -0.05) is 5.16 Å². The Kier molecular flexibility index (Phi) is 2.44. The van der Waals surface area contributed by atoms with E-state index in [1.54, 1.807) is 0 Å². The lowest BCUT2D eigenvalue weighted by molar-refractivity contribution is 0.249. The van der Waals surface area contributed by atoms with Crippen LogP contribution in [0.15, 0.2) is 4.52 Å². The van der Waals surface area contributed by atoms with Gasteiger partial charge in [-0.25, -0.2) is 0 Å². The number of aromatic nitrogens is 2. The molecule has 1 aromatic heterocycles. The Labute approximate surface area is 95.0 Å². The van der Waals surface area contributed by atoms with Crippen LogP contribution in [0.2, 0.25) is 0 Å². The van der Waals surface area contributed by atoms with Crippen molar-refractivity contribution in [1.29, 1.82) is 0 Å². The van der Waals surface area contributed by atoms with Crippen LogP contribution in [-0.4, -0.2) is 34.2 Å². The van der Waals surface area contributed by atoms with Crippen LogP contribution < -0.4 is 5.73 Å². The van der Waals surface area contributed by atoms with Crippen LogP contribution in [0.25, 0.3) is 0 Å². The lowest BCUT2D eigenvalue weighted by Crippen LogP contribution is -2.30. The van der Waals surface area contributed by atoms with Gasteiger partial charge in [-0.15, -0.1) is 0 Å². The molecule has 2 N–H and O–H groups in total. The molecule has 2 aliphatic rings. The zero-order valence-corrected chi connectivity index (χ0v) is 9.59. The summed E-state index contributed by atoms with van der Waals surface area (Å²) < 4.78 is 5.14. The highest BCUT2D eigenvalue weighted by atomic mass is 16.5. The van der Waals surface area contributed by atoms with Crippen molar-refractivity contribution in [2.24, 2.45) is 17.6 Å². The topological polar surface area (TPSA) is 68.2 Å². The fraction of sp³-hybridized carbons (Fsp3) is 0.818. The molecule has 0 spiro atoms. The molecule has 88 valence electrons. The van der Waals surface area contributed by atoms with Crippen LogP contribution >= 0.6 is 0 Å². The fourth-order valence-corrected chi connectivity index (χ4v) is 3.12. The highest BCUT2D eigenvalue weighted by Crippen LogP contribution is 2.37. The third-order valence-electron chi connectivity index (χ3n) is 3.92. The van der Waals surface area contributed by atoms with Crippen LogP contribution in [0, 0.1) is 18.8 Å². The van der Waals surface area contributed by atoms with E-state index >= 15 is 0 Å². The number of nitrogens with two attached hydrogens (primary N) is 1. The third-order valence-corrected chi connectivity index (χ3v) is 3.92. The number of likely N-dealkylation sites (tertiary alicyclic amines) is 1. The van der Waals surface area contributed by atoms with E-state index in [1.807, 2.05) is 6.92 Å². The number of nitrogens with zero attached hydrogens (tertiary/aromatic N) is 3. The van der Waals surface area contributed by atoms with Crippen molar-refractivity contribution >= 4 is 0 Å². The van der Waals surface area contributed by atoms with E-state index in [4.69, 9.17) is 10.3 Å². The van der Waals surface area contributed by atoms with Gasteiger partial charge < -0.3 is 10.3 Å². The quantitative estimate of drug-likeness (QED) is 0.791. The molecule has 0 amide bonds. The van der Waals surface area contributed by atoms with Gasteiger partial charge in [-0.05, 0) is 31.6 Å². The summed E-state index contributed by atoms with van der Waals surface area (Å²) in [5, 5.41) is 3.81. The van der Waals surface area contributed by atoms with Gasteiger partial charge in [0.15, 0.2) is 5.82 Å². The largest absolute Gasteiger partial charge is 0.338 e. The molecule has 1 aliphatic heterocycles. The Morgan fingerprint density at radius 3 is 3.00 bits per heavy atom. The van der Waals surface area contributed by atoms with E-state index < -0.39 is 0 Å². The molecule has 5 heteroatoms. The van der Waals surface area contributed by atoms with Crippen LogP contribution in [-0.2, 0) is 6.54 Å². The highest BCUT2D eigenvalue weighted by Gasteiger charge is 2.41. The second-order valence-corrected chi connectivity index (χ2v) is 5.09. The molecule has 3 atom stereocenters. The van der Waals surface area contributed by atoms with E-state index in [1.165, 1.54) is 12.8 Å². The SMILES string of the molecule is Cc1noc(CN2CC3CCC(N)C3C2)n1. The first-order valence-electron chi connectivity index (χ1n) is 5.99. The van der Waals surface area contributed by atoms with Crippen molar-refractivity contribution in [3.05, 3.63) is 11.7 Å². The first-order valence-corrected chi connectivity index (χ1v) is 5.99. The van der Waals surface area contributed by atoms with E-state index in [2.05, 4.69) is 15.0 Å². The first kappa shape index (κ1) is 10.2. The predicted molar refractivity (Wildman–Crippen MR) is 58.5 cm³/mol. The fourth-order valence-electron chi connectivity index (χ4n) is 3.12. The summed E-state index contributed by atoms with van der Waals surface area (Å²) in [5.74, 6) is 2.92. The van der Waals surface area contributed by atoms with Gasteiger partial charge in [0.05, 0.1) is 6.54 Å². The Bertz CT molecular complexity index is 378. The Hall–Kier alpha value is -0.940. The molecule has 1 saturated carbocycles.